The molecule has 0 bridgehead atoms. The molecule has 0 unspecified atom stereocenters. The number of halogens is 5. The summed E-state index contributed by atoms with van der Waals surface area (Å²) in [5, 5.41) is 1.31. The van der Waals surface area contributed by atoms with Gasteiger partial charge in [0.1, 0.15) is 17.4 Å². The van der Waals surface area contributed by atoms with Crippen LogP contribution in [-0.2, 0) is 32.1 Å². The number of benzene rings is 4. The van der Waals surface area contributed by atoms with Crippen molar-refractivity contribution in [1.29, 1.82) is 0 Å². The van der Waals surface area contributed by atoms with Gasteiger partial charge in [-0.05, 0) is 89.9 Å². The molecule has 0 spiro atoms. The van der Waals surface area contributed by atoms with Gasteiger partial charge in [0.2, 0.25) is 0 Å². The van der Waals surface area contributed by atoms with Gasteiger partial charge in [-0.25, -0.2) is 8.78 Å². The predicted molar refractivity (Wildman–Crippen MR) is 142 cm³/mol. The van der Waals surface area contributed by atoms with Gasteiger partial charge >= 0.3 is 6.18 Å². The zero-order valence-electron chi connectivity index (χ0n) is 21.0. The van der Waals surface area contributed by atoms with Gasteiger partial charge < -0.3 is 4.74 Å². The summed E-state index contributed by atoms with van der Waals surface area (Å²) in [6.07, 6.45) is 1.20. The molecular weight excluding hydrogens is 495 g/mol. The highest BCUT2D eigenvalue weighted by atomic mass is 19.4. The number of allylic oxidation sites excluding steroid dienone is 1. The van der Waals surface area contributed by atoms with Crippen LogP contribution in [0, 0.1) is 11.6 Å². The standard InChI is InChI=1S/C32H29F5O/c1-2-3-4-23-6-11-25(30(33)20-23)12-7-24-10-18-29-27(19-24)15-14-26(31(29)34)13-5-22-8-16-28(17-9-22)38-21-32(35,36)37/h2,6,8-11,14-20H,1,3-5,7,12-13,21H2. The summed E-state index contributed by atoms with van der Waals surface area (Å²) in [7, 11) is 0. The van der Waals surface area contributed by atoms with Gasteiger partial charge in [-0.2, -0.15) is 13.2 Å². The molecule has 38 heavy (non-hydrogen) atoms. The Kier molecular flexibility index (Phi) is 8.82. The van der Waals surface area contributed by atoms with Crippen LogP contribution in [0.5, 0.6) is 5.75 Å². The quantitative estimate of drug-likeness (QED) is 0.141. The molecule has 198 valence electrons. The molecule has 1 nitrogen and oxygen atoms in total. The topological polar surface area (TPSA) is 9.23 Å². The SMILES string of the molecule is C=CCCc1ccc(CCc2ccc3c(F)c(CCc4ccc(OCC(F)(F)F)cc4)ccc3c2)c(F)c1. The molecule has 0 aliphatic heterocycles. The molecule has 4 aromatic rings. The van der Waals surface area contributed by atoms with Crippen molar-refractivity contribution in [2.45, 2.75) is 44.7 Å². The van der Waals surface area contributed by atoms with E-state index in [0.717, 1.165) is 34.9 Å². The van der Waals surface area contributed by atoms with Crippen molar-refractivity contribution >= 4 is 10.8 Å². The van der Waals surface area contributed by atoms with Crippen molar-refractivity contribution in [3.63, 3.8) is 0 Å². The molecule has 0 aromatic heterocycles. The zero-order chi connectivity index (χ0) is 27.1. The minimum atomic E-state index is -4.39. The fraction of sp³-hybridized carbons (Fsp3) is 0.250. The summed E-state index contributed by atoms with van der Waals surface area (Å²) >= 11 is 0. The Morgan fingerprint density at radius 3 is 2.03 bits per heavy atom. The minimum Gasteiger partial charge on any atom is -0.484 e. The average Bonchev–Trinajstić information content (AvgIpc) is 2.90. The van der Waals surface area contributed by atoms with Gasteiger partial charge in [-0.15, -0.1) is 6.58 Å². The summed E-state index contributed by atoms with van der Waals surface area (Å²) in [5.41, 5.74) is 4.07. The summed E-state index contributed by atoms with van der Waals surface area (Å²) < 4.78 is 71.3. The molecular formula is C32H29F5O. The first kappa shape index (κ1) is 27.4. The Morgan fingerprint density at radius 2 is 1.32 bits per heavy atom. The highest BCUT2D eigenvalue weighted by Crippen LogP contribution is 2.25. The normalized spacial score (nSPS) is 11.6. The number of aryl methyl sites for hydroxylation is 5. The van der Waals surface area contributed by atoms with Gasteiger partial charge in [0.15, 0.2) is 6.61 Å². The van der Waals surface area contributed by atoms with E-state index in [1.807, 2.05) is 36.4 Å². The number of hydrogen-bond donors (Lipinski definition) is 0. The Labute approximate surface area is 219 Å². The third-order valence-electron chi connectivity index (χ3n) is 6.54. The van der Waals surface area contributed by atoms with Crippen LogP contribution in [0.15, 0.2) is 85.5 Å². The minimum absolute atomic E-state index is 0.141. The first-order valence-corrected chi connectivity index (χ1v) is 12.6. The maximum atomic E-state index is 15.2. The van der Waals surface area contributed by atoms with Gasteiger partial charge in [0.05, 0.1) is 0 Å². The molecule has 6 heteroatoms. The highest BCUT2D eigenvalue weighted by molar-refractivity contribution is 5.84. The lowest BCUT2D eigenvalue weighted by atomic mass is 9.97. The van der Waals surface area contributed by atoms with E-state index in [9.17, 15) is 17.6 Å². The lowest BCUT2D eigenvalue weighted by Crippen LogP contribution is -2.19. The number of alkyl halides is 3. The van der Waals surface area contributed by atoms with E-state index in [2.05, 4.69) is 6.58 Å². The Morgan fingerprint density at radius 1 is 0.684 bits per heavy atom. The van der Waals surface area contributed by atoms with Crippen molar-refractivity contribution in [1.82, 2.24) is 0 Å². The summed E-state index contributed by atoms with van der Waals surface area (Å²) in [5.74, 6) is -0.339. The fourth-order valence-electron chi connectivity index (χ4n) is 4.43. The maximum absolute atomic E-state index is 15.2. The smallest absolute Gasteiger partial charge is 0.422 e. The van der Waals surface area contributed by atoms with Crippen LogP contribution in [-0.4, -0.2) is 12.8 Å². The third kappa shape index (κ3) is 7.44. The van der Waals surface area contributed by atoms with Crippen LogP contribution in [0.1, 0.15) is 34.2 Å². The van der Waals surface area contributed by atoms with E-state index in [-0.39, 0.29) is 17.4 Å². The molecule has 0 heterocycles. The van der Waals surface area contributed by atoms with Gasteiger partial charge in [-0.1, -0.05) is 60.7 Å². The van der Waals surface area contributed by atoms with Crippen molar-refractivity contribution in [2.75, 3.05) is 6.61 Å². The zero-order valence-corrected chi connectivity index (χ0v) is 21.0. The van der Waals surface area contributed by atoms with Crippen molar-refractivity contribution in [3.8, 4) is 5.75 Å². The van der Waals surface area contributed by atoms with Gasteiger partial charge in [0, 0.05) is 5.39 Å². The molecule has 0 saturated heterocycles. The van der Waals surface area contributed by atoms with Crippen molar-refractivity contribution < 1.29 is 26.7 Å². The Hall–Kier alpha value is -3.67. The second-order valence-corrected chi connectivity index (χ2v) is 9.40. The Bertz CT molecular complexity index is 1390. The summed E-state index contributed by atoms with van der Waals surface area (Å²) in [4.78, 5) is 0. The number of fused-ring (bicyclic) bond motifs is 1. The van der Waals surface area contributed by atoms with E-state index in [1.54, 1.807) is 30.3 Å². The predicted octanol–water partition coefficient (Wildman–Crippen LogP) is 8.75. The summed E-state index contributed by atoms with van der Waals surface area (Å²) in [6, 6.07) is 21.0. The molecule has 0 amide bonds. The lowest BCUT2D eigenvalue weighted by molar-refractivity contribution is -0.153. The first-order valence-electron chi connectivity index (χ1n) is 12.6. The molecule has 0 aliphatic carbocycles. The fourth-order valence-corrected chi connectivity index (χ4v) is 4.43. The lowest BCUT2D eigenvalue weighted by Gasteiger charge is -2.11. The van der Waals surface area contributed by atoms with E-state index < -0.39 is 12.8 Å². The number of ether oxygens (including phenoxy) is 1. The molecule has 0 saturated carbocycles. The molecule has 0 atom stereocenters. The molecule has 0 fully saturated rings. The highest BCUT2D eigenvalue weighted by Gasteiger charge is 2.28. The maximum Gasteiger partial charge on any atom is 0.422 e. The number of hydrogen-bond acceptors (Lipinski definition) is 1. The third-order valence-corrected chi connectivity index (χ3v) is 6.54. The van der Waals surface area contributed by atoms with Crippen LogP contribution in [0.2, 0.25) is 0 Å². The van der Waals surface area contributed by atoms with Crippen LogP contribution in [0.4, 0.5) is 22.0 Å². The van der Waals surface area contributed by atoms with Crippen LogP contribution < -0.4 is 4.74 Å². The van der Waals surface area contributed by atoms with E-state index in [0.29, 0.717) is 42.2 Å². The Balaban J connectivity index is 1.37. The largest absolute Gasteiger partial charge is 0.484 e. The second kappa shape index (κ2) is 12.2. The van der Waals surface area contributed by atoms with Crippen molar-refractivity contribution in [2.24, 2.45) is 0 Å². The molecule has 0 radical (unpaired) electrons. The van der Waals surface area contributed by atoms with Crippen molar-refractivity contribution in [3.05, 3.63) is 125 Å². The number of rotatable bonds is 11. The van der Waals surface area contributed by atoms with E-state index in [4.69, 9.17) is 4.74 Å². The monoisotopic (exact) mass is 524 g/mol. The molecule has 0 N–H and O–H groups in total. The molecule has 4 rings (SSSR count). The van der Waals surface area contributed by atoms with Gasteiger partial charge in [0.25, 0.3) is 0 Å². The van der Waals surface area contributed by atoms with E-state index >= 15 is 4.39 Å². The molecule has 0 aliphatic rings. The molecule has 4 aromatic carbocycles. The van der Waals surface area contributed by atoms with E-state index in [1.165, 1.54) is 12.1 Å². The van der Waals surface area contributed by atoms with Crippen LogP contribution in [0.25, 0.3) is 10.8 Å². The van der Waals surface area contributed by atoms with Crippen LogP contribution >= 0.6 is 0 Å². The summed E-state index contributed by atoms with van der Waals surface area (Å²) in [6.45, 7) is 2.36. The van der Waals surface area contributed by atoms with Gasteiger partial charge in [-0.3, -0.25) is 0 Å². The average molecular weight is 525 g/mol. The van der Waals surface area contributed by atoms with Crippen LogP contribution in [0.3, 0.4) is 0 Å². The second-order valence-electron chi connectivity index (χ2n) is 9.40. The first-order chi connectivity index (χ1) is 18.2.